The molecule has 0 saturated heterocycles. The summed E-state index contributed by atoms with van der Waals surface area (Å²) in [5.41, 5.74) is 0. The van der Waals surface area contributed by atoms with Crippen molar-refractivity contribution >= 4 is 0 Å². The van der Waals surface area contributed by atoms with Gasteiger partial charge in [0, 0.05) is 6.42 Å². The number of benzene rings is 1. The van der Waals surface area contributed by atoms with Crippen molar-refractivity contribution in [2.45, 2.75) is 37.7 Å². The highest BCUT2D eigenvalue weighted by atomic mass is 19.3. The van der Waals surface area contributed by atoms with Crippen molar-refractivity contribution in [2.24, 2.45) is 0 Å². The van der Waals surface area contributed by atoms with E-state index < -0.39 is 12.0 Å². The largest absolute Gasteiger partial charge is 0.508 e. The molecule has 0 amide bonds. The van der Waals surface area contributed by atoms with E-state index in [9.17, 15) is 8.78 Å². The lowest BCUT2D eigenvalue weighted by molar-refractivity contribution is -0.119. The van der Waals surface area contributed by atoms with Gasteiger partial charge in [0.25, 0.3) is 5.92 Å². The molecule has 0 spiro atoms. The second kappa shape index (κ2) is 4.28. The number of halogens is 2. The number of alkyl halides is 2. The Bertz CT molecular complexity index is 349. The minimum absolute atomic E-state index is 0.0998. The quantitative estimate of drug-likeness (QED) is 0.841. The average Bonchev–Trinajstić information content (AvgIpc) is 2.24. The van der Waals surface area contributed by atoms with E-state index in [1.807, 2.05) is 0 Å². The SMILES string of the molecule is Oc1ccc(O[C@@H]2CCCCC2(F)F)cc1. The highest BCUT2D eigenvalue weighted by Crippen LogP contribution is 2.36. The Morgan fingerprint density at radius 2 is 1.88 bits per heavy atom. The van der Waals surface area contributed by atoms with E-state index in [2.05, 4.69) is 0 Å². The number of phenols is 1. The Hall–Kier alpha value is -1.32. The van der Waals surface area contributed by atoms with Gasteiger partial charge in [-0.05, 0) is 43.5 Å². The third-order valence-electron chi connectivity index (χ3n) is 2.81. The summed E-state index contributed by atoms with van der Waals surface area (Å²) in [6.07, 6.45) is 0.579. The van der Waals surface area contributed by atoms with Crippen molar-refractivity contribution < 1.29 is 18.6 Å². The zero-order valence-electron chi connectivity index (χ0n) is 8.83. The molecule has 1 fully saturated rings. The summed E-state index contributed by atoms with van der Waals surface area (Å²) in [6, 6.07) is 5.85. The second-order valence-electron chi connectivity index (χ2n) is 4.11. The lowest BCUT2D eigenvalue weighted by Crippen LogP contribution is -2.40. The lowest BCUT2D eigenvalue weighted by Gasteiger charge is -2.31. The minimum atomic E-state index is -2.74. The normalized spacial score (nSPS) is 24.0. The van der Waals surface area contributed by atoms with Gasteiger partial charge in [0.1, 0.15) is 11.5 Å². The number of aromatic hydroxyl groups is 1. The predicted molar refractivity (Wildman–Crippen MR) is 55.9 cm³/mol. The van der Waals surface area contributed by atoms with Crippen molar-refractivity contribution in [1.29, 1.82) is 0 Å². The Kier molecular flexibility index (Phi) is 2.99. The van der Waals surface area contributed by atoms with E-state index in [-0.39, 0.29) is 12.2 Å². The number of hydrogen-bond donors (Lipinski definition) is 1. The fourth-order valence-electron chi connectivity index (χ4n) is 1.90. The van der Waals surface area contributed by atoms with Gasteiger partial charge >= 0.3 is 0 Å². The summed E-state index contributed by atoms with van der Waals surface area (Å²) in [6.45, 7) is 0. The molecule has 0 unspecified atom stereocenters. The first kappa shape index (κ1) is 11.2. The van der Waals surface area contributed by atoms with E-state index in [1.165, 1.54) is 24.3 Å². The van der Waals surface area contributed by atoms with Gasteiger partial charge in [0.05, 0.1) is 0 Å². The summed E-state index contributed by atoms with van der Waals surface area (Å²) >= 11 is 0. The first-order valence-corrected chi connectivity index (χ1v) is 5.41. The molecular formula is C12H14F2O2. The Balaban J connectivity index is 2.05. The third kappa shape index (κ3) is 2.43. The molecule has 0 aliphatic heterocycles. The molecular weight excluding hydrogens is 214 g/mol. The molecule has 1 aromatic rings. The van der Waals surface area contributed by atoms with Crippen molar-refractivity contribution in [1.82, 2.24) is 0 Å². The molecule has 4 heteroatoms. The van der Waals surface area contributed by atoms with Crippen LogP contribution in [0.5, 0.6) is 11.5 Å². The molecule has 1 aromatic carbocycles. The summed E-state index contributed by atoms with van der Waals surface area (Å²) < 4.78 is 32.2. The van der Waals surface area contributed by atoms with Gasteiger partial charge in [-0.15, -0.1) is 0 Å². The summed E-state index contributed by atoms with van der Waals surface area (Å²) in [5.74, 6) is -2.26. The molecule has 1 N–H and O–H groups in total. The summed E-state index contributed by atoms with van der Waals surface area (Å²) in [5, 5.41) is 9.06. The number of phenolic OH excluding ortho intramolecular Hbond substituents is 1. The van der Waals surface area contributed by atoms with Gasteiger partial charge in [0.2, 0.25) is 0 Å². The van der Waals surface area contributed by atoms with Crippen LogP contribution in [-0.2, 0) is 0 Å². The van der Waals surface area contributed by atoms with Crippen molar-refractivity contribution in [3.05, 3.63) is 24.3 Å². The summed E-state index contributed by atoms with van der Waals surface area (Å²) in [7, 11) is 0. The van der Waals surface area contributed by atoms with Gasteiger partial charge in [0.15, 0.2) is 6.10 Å². The van der Waals surface area contributed by atoms with Crippen molar-refractivity contribution in [3.63, 3.8) is 0 Å². The maximum Gasteiger partial charge on any atom is 0.284 e. The molecule has 1 saturated carbocycles. The highest BCUT2D eigenvalue weighted by molar-refractivity contribution is 5.30. The van der Waals surface area contributed by atoms with Crippen molar-refractivity contribution in [2.75, 3.05) is 0 Å². The van der Waals surface area contributed by atoms with Crippen LogP contribution < -0.4 is 4.74 Å². The lowest BCUT2D eigenvalue weighted by atomic mass is 9.94. The molecule has 2 rings (SSSR count). The predicted octanol–water partition coefficient (Wildman–Crippen LogP) is 3.35. The van der Waals surface area contributed by atoms with Gasteiger partial charge in [-0.2, -0.15) is 0 Å². The topological polar surface area (TPSA) is 29.5 Å². The number of rotatable bonds is 2. The van der Waals surface area contributed by atoms with Crippen molar-refractivity contribution in [3.8, 4) is 11.5 Å². The molecule has 88 valence electrons. The van der Waals surface area contributed by atoms with Crippen LogP contribution in [0.2, 0.25) is 0 Å². The molecule has 0 bridgehead atoms. The zero-order chi connectivity index (χ0) is 11.6. The molecule has 1 aliphatic rings. The van der Waals surface area contributed by atoms with Gasteiger partial charge < -0.3 is 9.84 Å². The van der Waals surface area contributed by atoms with Gasteiger partial charge in [-0.3, -0.25) is 0 Å². The molecule has 0 aromatic heterocycles. The van der Waals surface area contributed by atoms with Crippen LogP contribution in [-0.4, -0.2) is 17.1 Å². The second-order valence-corrected chi connectivity index (χ2v) is 4.11. The maximum absolute atomic E-state index is 13.5. The number of ether oxygens (including phenoxy) is 1. The van der Waals surface area contributed by atoms with E-state index >= 15 is 0 Å². The first-order valence-electron chi connectivity index (χ1n) is 5.41. The standard InChI is InChI=1S/C12H14F2O2/c13-12(14)8-2-1-3-11(12)16-10-6-4-9(15)5-7-10/h4-7,11,15H,1-3,8H2/t11-/m1/s1. The van der Waals surface area contributed by atoms with E-state index in [0.717, 1.165) is 6.42 Å². The molecule has 0 radical (unpaired) electrons. The maximum atomic E-state index is 13.5. The monoisotopic (exact) mass is 228 g/mol. The zero-order valence-corrected chi connectivity index (χ0v) is 8.83. The Morgan fingerprint density at radius 1 is 1.19 bits per heavy atom. The molecule has 16 heavy (non-hydrogen) atoms. The first-order chi connectivity index (χ1) is 7.58. The third-order valence-corrected chi connectivity index (χ3v) is 2.81. The summed E-state index contributed by atoms with van der Waals surface area (Å²) in [4.78, 5) is 0. The van der Waals surface area contributed by atoms with E-state index in [4.69, 9.17) is 9.84 Å². The van der Waals surface area contributed by atoms with Crippen LogP contribution in [0.1, 0.15) is 25.7 Å². The Labute approximate surface area is 92.9 Å². The van der Waals surface area contributed by atoms with Crippen LogP contribution in [0, 0.1) is 0 Å². The van der Waals surface area contributed by atoms with Gasteiger partial charge in [-0.1, -0.05) is 0 Å². The van der Waals surface area contributed by atoms with E-state index in [1.54, 1.807) is 0 Å². The highest BCUT2D eigenvalue weighted by Gasteiger charge is 2.43. The van der Waals surface area contributed by atoms with Crippen LogP contribution in [0.4, 0.5) is 8.78 Å². The number of hydrogen-bond acceptors (Lipinski definition) is 2. The average molecular weight is 228 g/mol. The smallest absolute Gasteiger partial charge is 0.284 e. The van der Waals surface area contributed by atoms with Gasteiger partial charge in [-0.25, -0.2) is 8.78 Å². The van der Waals surface area contributed by atoms with Crippen LogP contribution >= 0.6 is 0 Å². The Morgan fingerprint density at radius 3 is 2.50 bits per heavy atom. The van der Waals surface area contributed by atoms with Crippen LogP contribution in [0.3, 0.4) is 0 Å². The fourth-order valence-corrected chi connectivity index (χ4v) is 1.90. The van der Waals surface area contributed by atoms with E-state index in [0.29, 0.717) is 18.6 Å². The molecule has 2 nitrogen and oxygen atoms in total. The molecule has 1 atom stereocenters. The molecule has 0 heterocycles. The molecule has 1 aliphatic carbocycles. The minimum Gasteiger partial charge on any atom is -0.508 e. The van der Waals surface area contributed by atoms with Crippen LogP contribution in [0.25, 0.3) is 0 Å². The van der Waals surface area contributed by atoms with Crippen LogP contribution in [0.15, 0.2) is 24.3 Å². The fraction of sp³-hybridized carbons (Fsp3) is 0.500.